The molecule has 164 valence electrons. The molecule has 1 unspecified atom stereocenters. The van der Waals surface area contributed by atoms with Crippen molar-refractivity contribution in [2.75, 3.05) is 0 Å². The normalized spacial score (nSPS) is 18.5. The van der Waals surface area contributed by atoms with Gasteiger partial charge in [0, 0.05) is 18.2 Å². The molecule has 0 spiro atoms. The number of nitrogens with one attached hydrogen (secondary N) is 1. The van der Waals surface area contributed by atoms with Gasteiger partial charge in [0.15, 0.2) is 0 Å². The molecule has 4 heteroatoms. The molecule has 4 rings (SSSR count). The lowest BCUT2D eigenvalue weighted by atomic mass is 9.92. The fourth-order valence-corrected chi connectivity index (χ4v) is 5.24. The smallest absolute Gasteiger partial charge is 0.254 e. The first-order valence-electron chi connectivity index (χ1n) is 11.9. The van der Waals surface area contributed by atoms with Gasteiger partial charge in [-0.1, -0.05) is 80.6 Å². The fraction of sp³-hybridized carbons (Fsp3) is 0.481. The van der Waals surface area contributed by atoms with Gasteiger partial charge in [-0.2, -0.15) is 0 Å². The van der Waals surface area contributed by atoms with Crippen LogP contribution in [0.4, 0.5) is 0 Å². The molecule has 0 aromatic heterocycles. The van der Waals surface area contributed by atoms with Crippen LogP contribution in [-0.2, 0) is 11.3 Å². The summed E-state index contributed by atoms with van der Waals surface area (Å²) in [7, 11) is 0. The molecule has 4 nitrogen and oxygen atoms in total. The van der Waals surface area contributed by atoms with Gasteiger partial charge in [0.2, 0.25) is 5.91 Å². The molecule has 2 aromatic rings. The summed E-state index contributed by atoms with van der Waals surface area (Å²) < 4.78 is 0. The highest BCUT2D eigenvalue weighted by Gasteiger charge is 2.39. The van der Waals surface area contributed by atoms with Crippen molar-refractivity contribution in [2.45, 2.75) is 76.4 Å². The Balaban J connectivity index is 1.64. The monoisotopic (exact) mass is 418 g/mol. The lowest BCUT2D eigenvalue weighted by molar-refractivity contribution is -0.128. The minimum Gasteiger partial charge on any atom is -0.352 e. The highest BCUT2D eigenvalue weighted by molar-refractivity contribution is 5.97. The summed E-state index contributed by atoms with van der Waals surface area (Å²) in [5.41, 5.74) is 1.70. The second kappa shape index (κ2) is 10.6. The number of hydrogen-bond donors (Lipinski definition) is 1. The topological polar surface area (TPSA) is 49.4 Å². The van der Waals surface area contributed by atoms with Crippen LogP contribution in [0.5, 0.6) is 0 Å². The number of rotatable bonds is 7. The van der Waals surface area contributed by atoms with Crippen molar-refractivity contribution in [2.24, 2.45) is 5.92 Å². The molecule has 2 aliphatic rings. The van der Waals surface area contributed by atoms with Gasteiger partial charge in [0.05, 0.1) is 0 Å². The highest BCUT2D eigenvalue weighted by Crippen LogP contribution is 2.32. The lowest BCUT2D eigenvalue weighted by Gasteiger charge is -2.36. The number of carbonyl (C=O) groups excluding carboxylic acids is 2. The summed E-state index contributed by atoms with van der Waals surface area (Å²) in [6, 6.07) is 19.3. The maximum absolute atomic E-state index is 13.7. The van der Waals surface area contributed by atoms with Crippen LogP contribution < -0.4 is 5.32 Å². The van der Waals surface area contributed by atoms with Crippen molar-refractivity contribution in [1.29, 1.82) is 0 Å². The molecule has 2 amide bonds. The van der Waals surface area contributed by atoms with Gasteiger partial charge >= 0.3 is 0 Å². The van der Waals surface area contributed by atoms with Crippen molar-refractivity contribution >= 4 is 11.8 Å². The maximum atomic E-state index is 13.7. The Morgan fingerprint density at radius 3 is 2.03 bits per heavy atom. The van der Waals surface area contributed by atoms with E-state index in [0.717, 1.165) is 44.1 Å². The van der Waals surface area contributed by atoms with E-state index < -0.39 is 6.04 Å². The van der Waals surface area contributed by atoms with Gasteiger partial charge in [0.25, 0.3) is 5.91 Å². The Hall–Kier alpha value is -2.62. The van der Waals surface area contributed by atoms with E-state index in [4.69, 9.17) is 0 Å². The van der Waals surface area contributed by atoms with E-state index in [1.165, 1.54) is 19.3 Å². The first-order valence-corrected chi connectivity index (χ1v) is 11.9. The number of amides is 2. The van der Waals surface area contributed by atoms with E-state index in [9.17, 15) is 9.59 Å². The van der Waals surface area contributed by atoms with Crippen molar-refractivity contribution in [1.82, 2.24) is 10.2 Å². The lowest BCUT2D eigenvalue weighted by Crippen LogP contribution is -2.54. The van der Waals surface area contributed by atoms with E-state index >= 15 is 0 Å². The summed E-state index contributed by atoms with van der Waals surface area (Å²) in [6.07, 6.45) is 10.00. The summed E-state index contributed by atoms with van der Waals surface area (Å²) in [5.74, 6) is 0.208. The molecule has 0 aliphatic heterocycles. The second-order valence-corrected chi connectivity index (χ2v) is 9.12. The third-order valence-electron chi connectivity index (χ3n) is 6.88. The van der Waals surface area contributed by atoms with Crippen LogP contribution in [0.25, 0.3) is 0 Å². The molecule has 2 fully saturated rings. The number of nitrogens with zero attached hydrogens (tertiary/aromatic N) is 1. The van der Waals surface area contributed by atoms with E-state index in [-0.39, 0.29) is 23.8 Å². The van der Waals surface area contributed by atoms with Crippen LogP contribution in [0.1, 0.15) is 73.7 Å². The standard InChI is InChI=1S/C27H34N2O2/c30-26(28-24-18-8-3-9-19-24)25(22-14-10-11-15-22)29(20-21-12-4-1-5-13-21)27(31)23-16-6-2-7-17-23/h1-2,4-7,12-13,16-17,22,24-25H,3,8-11,14-15,18-20H2,(H,28,30). The Bertz CT molecular complexity index is 840. The van der Waals surface area contributed by atoms with Crippen molar-refractivity contribution in [3.05, 3.63) is 71.8 Å². The minimum atomic E-state index is -0.419. The molecule has 0 saturated heterocycles. The molecule has 1 N–H and O–H groups in total. The van der Waals surface area contributed by atoms with Crippen LogP contribution in [-0.4, -0.2) is 28.8 Å². The first-order chi connectivity index (χ1) is 15.2. The molecule has 0 bridgehead atoms. The minimum absolute atomic E-state index is 0.0408. The van der Waals surface area contributed by atoms with Crippen LogP contribution in [0.3, 0.4) is 0 Å². The van der Waals surface area contributed by atoms with Gasteiger partial charge < -0.3 is 10.2 Å². The Labute approximate surface area is 186 Å². The summed E-state index contributed by atoms with van der Waals surface area (Å²) in [5, 5.41) is 3.34. The largest absolute Gasteiger partial charge is 0.352 e. The SMILES string of the molecule is O=C(NC1CCCCC1)C(C1CCCC1)N(Cc1ccccc1)C(=O)c1ccccc1. The van der Waals surface area contributed by atoms with Gasteiger partial charge in [-0.15, -0.1) is 0 Å². The molecule has 0 radical (unpaired) electrons. The second-order valence-electron chi connectivity index (χ2n) is 9.12. The van der Waals surface area contributed by atoms with Crippen molar-refractivity contribution in [3.8, 4) is 0 Å². The summed E-state index contributed by atoms with van der Waals surface area (Å²) in [6.45, 7) is 0.452. The number of hydrogen-bond acceptors (Lipinski definition) is 2. The van der Waals surface area contributed by atoms with Gasteiger partial charge in [0.1, 0.15) is 6.04 Å². The molecule has 0 heterocycles. The van der Waals surface area contributed by atoms with Crippen molar-refractivity contribution < 1.29 is 9.59 Å². The Morgan fingerprint density at radius 2 is 1.39 bits per heavy atom. The van der Waals surface area contributed by atoms with Gasteiger partial charge in [-0.25, -0.2) is 0 Å². The fourth-order valence-electron chi connectivity index (χ4n) is 5.24. The molecule has 31 heavy (non-hydrogen) atoms. The summed E-state index contributed by atoms with van der Waals surface area (Å²) in [4.78, 5) is 29.2. The van der Waals surface area contributed by atoms with Gasteiger partial charge in [-0.3, -0.25) is 9.59 Å². The quantitative estimate of drug-likeness (QED) is 0.660. The molecule has 2 aliphatic carbocycles. The van der Waals surface area contributed by atoms with Gasteiger partial charge in [-0.05, 0) is 49.3 Å². The van der Waals surface area contributed by atoms with Crippen LogP contribution in [0, 0.1) is 5.92 Å². The Kier molecular flexibility index (Phi) is 7.39. The third kappa shape index (κ3) is 5.55. The van der Waals surface area contributed by atoms with Crippen LogP contribution in [0.2, 0.25) is 0 Å². The first kappa shape index (κ1) is 21.6. The van der Waals surface area contributed by atoms with E-state index in [1.807, 2.05) is 65.6 Å². The zero-order valence-electron chi connectivity index (χ0n) is 18.3. The predicted octanol–water partition coefficient (Wildman–Crippen LogP) is 5.34. The Morgan fingerprint density at radius 1 is 0.806 bits per heavy atom. The highest BCUT2D eigenvalue weighted by atomic mass is 16.2. The zero-order chi connectivity index (χ0) is 21.5. The molecular formula is C27H34N2O2. The molecular weight excluding hydrogens is 384 g/mol. The van der Waals surface area contributed by atoms with E-state index in [0.29, 0.717) is 12.1 Å². The number of carbonyl (C=O) groups is 2. The number of benzene rings is 2. The van der Waals surface area contributed by atoms with E-state index in [1.54, 1.807) is 0 Å². The molecule has 2 aromatic carbocycles. The average Bonchev–Trinajstić information content (AvgIpc) is 3.34. The van der Waals surface area contributed by atoms with Crippen LogP contribution in [0.15, 0.2) is 60.7 Å². The third-order valence-corrected chi connectivity index (χ3v) is 6.88. The predicted molar refractivity (Wildman–Crippen MR) is 124 cm³/mol. The molecule has 2 saturated carbocycles. The van der Waals surface area contributed by atoms with Crippen molar-refractivity contribution in [3.63, 3.8) is 0 Å². The average molecular weight is 419 g/mol. The van der Waals surface area contributed by atoms with Crippen LogP contribution >= 0.6 is 0 Å². The maximum Gasteiger partial charge on any atom is 0.254 e. The van der Waals surface area contributed by atoms with E-state index in [2.05, 4.69) is 5.32 Å². The molecule has 1 atom stereocenters. The zero-order valence-corrected chi connectivity index (χ0v) is 18.3. The summed E-state index contributed by atoms with van der Waals surface area (Å²) >= 11 is 0.